The SMILES string of the molecule is N#Cc1ccc(-c2ccc(C(=O)NCc3ccccc3)o2)cc1. The van der Waals surface area contributed by atoms with E-state index in [9.17, 15) is 4.79 Å². The van der Waals surface area contributed by atoms with E-state index < -0.39 is 0 Å². The van der Waals surface area contributed by atoms with Crippen molar-refractivity contribution < 1.29 is 9.21 Å². The zero-order chi connectivity index (χ0) is 16.1. The van der Waals surface area contributed by atoms with Gasteiger partial charge in [-0.25, -0.2) is 0 Å². The predicted molar refractivity (Wildman–Crippen MR) is 86.5 cm³/mol. The first-order valence-corrected chi connectivity index (χ1v) is 7.19. The van der Waals surface area contributed by atoms with Crippen LogP contribution < -0.4 is 5.32 Å². The summed E-state index contributed by atoms with van der Waals surface area (Å²) in [5.41, 5.74) is 2.44. The average Bonchev–Trinajstić information content (AvgIpc) is 3.11. The van der Waals surface area contributed by atoms with E-state index in [2.05, 4.69) is 11.4 Å². The number of nitriles is 1. The molecule has 0 bridgehead atoms. The van der Waals surface area contributed by atoms with Gasteiger partial charge in [-0.05, 0) is 42.0 Å². The molecule has 0 spiro atoms. The largest absolute Gasteiger partial charge is 0.451 e. The lowest BCUT2D eigenvalue weighted by Gasteiger charge is -2.03. The van der Waals surface area contributed by atoms with Crippen molar-refractivity contribution in [3.63, 3.8) is 0 Å². The molecule has 0 radical (unpaired) electrons. The molecule has 1 amide bonds. The van der Waals surface area contributed by atoms with Crippen LogP contribution in [0.1, 0.15) is 21.7 Å². The molecule has 0 aliphatic carbocycles. The summed E-state index contributed by atoms with van der Waals surface area (Å²) in [6, 6.07) is 22.2. The Kier molecular flexibility index (Phi) is 4.21. The second-order valence-electron chi connectivity index (χ2n) is 5.02. The van der Waals surface area contributed by atoms with Gasteiger partial charge in [0.15, 0.2) is 5.76 Å². The summed E-state index contributed by atoms with van der Waals surface area (Å²) in [5.74, 6) is 0.605. The summed E-state index contributed by atoms with van der Waals surface area (Å²) in [4.78, 5) is 12.1. The van der Waals surface area contributed by atoms with E-state index >= 15 is 0 Å². The third-order valence-electron chi connectivity index (χ3n) is 3.42. The van der Waals surface area contributed by atoms with Crippen LogP contribution in [-0.4, -0.2) is 5.91 Å². The standard InChI is InChI=1S/C19H14N2O2/c20-12-14-6-8-16(9-7-14)17-10-11-18(23-17)19(22)21-13-15-4-2-1-3-5-15/h1-11H,13H2,(H,21,22). The highest BCUT2D eigenvalue weighted by Gasteiger charge is 2.12. The first kappa shape index (κ1) is 14.6. The number of furan rings is 1. The van der Waals surface area contributed by atoms with E-state index in [0.29, 0.717) is 17.9 Å². The van der Waals surface area contributed by atoms with Gasteiger partial charge in [0.05, 0.1) is 11.6 Å². The van der Waals surface area contributed by atoms with E-state index in [-0.39, 0.29) is 11.7 Å². The molecular formula is C19H14N2O2. The molecule has 0 fully saturated rings. The quantitative estimate of drug-likeness (QED) is 0.798. The number of rotatable bonds is 4. The third kappa shape index (κ3) is 3.47. The molecule has 0 aliphatic rings. The van der Waals surface area contributed by atoms with Crippen LogP contribution in [0.2, 0.25) is 0 Å². The zero-order valence-corrected chi connectivity index (χ0v) is 12.3. The van der Waals surface area contributed by atoms with Crippen LogP contribution in [0.3, 0.4) is 0 Å². The van der Waals surface area contributed by atoms with Crippen molar-refractivity contribution in [1.29, 1.82) is 5.26 Å². The maximum absolute atomic E-state index is 12.1. The highest BCUT2D eigenvalue weighted by molar-refractivity contribution is 5.92. The van der Waals surface area contributed by atoms with Crippen LogP contribution in [0, 0.1) is 11.3 Å². The fourth-order valence-electron chi connectivity index (χ4n) is 2.19. The van der Waals surface area contributed by atoms with Gasteiger partial charge in [-0.1, -0.05) is 30.3 Å². The lowest BCUT2D eigenvalue weighted by molar-refractivity contribution is 0.0924. The fraction of sp³-hybridized carbons (Fsp3) is 0.0526. The Morgan fingerprint density at radius 3 is 2.43 bits per heavy atom. The monoisotopic (exact) mass is 302 g/mol. The van der Waals surface area contributed by atoms with Crippen LogP contribution in [0.25, 0.3) is 11.3 Å². The molecule has 0 aliphatic heterocycles. The van der Waals surface area contributed by atoms with Crippen LogP contribution in [-0.2, 0) is 6.54 Å². The Hall–Kier alpha value is -3.32. The number of hydrogen-bond donors (Lipinski definition) is 1. The van der Waals surface area contributed by atoms with Crippen molar-refractivity contribution in [3.8, 4) is 17.4 Å². The molecule has 1 aromatic heterocycles. The molecule has 3 rings (SSSR count). The molecular weight excluding hydrogens is 288 g/mol. The highest BCUT2D eigenvalue weighted by atomic mass is 16.3. The molecule has 4 nitrogen and oxygen atoms in total. The van der Waals surface area contributed by atoms with Crippen LogP contribution >= 0.6 is 0 Å². The Morgan fingerprint density at radius 2 is 1.74 bits per heavy atom. The van der Waals surface area contributed by atoms with Gasteiger partial charge in [0.1, 0.15) is 5.76 Å². The van der Waals surface area contributed by atoms with Crippen molar-refractivity contribution in [3.05, 3.63) is 83.6 Å². The Bertz CT molecular complexity index is 843. The van der Waals surface area contributed by atoms with Crippen molar-refractivity contribution in [2.24, 2.45) is 0 Å². The summed E-state index contributed by atoms with van der Waals surface area (Å²) < 4.78 is 5.60. The van der Waals surface area contributed by atoms with E-state index in [1.54, 1.807) is 36.4 Å². The molecule has 0 unspecified atom stereocenters. The molecule has 1 heterocycles. The number of carbonyl (C=O) groups excluding carboxylic acids is 1. The number of benzene rings is 2. The summed E-state index contributed by atoms with van der Waals surface area (Å²) in [5, 5.41) is 11.6. The second-order valence-corrected chi connectivity index (χ2v) is 5.02. The number of carbonyl (C=O) groups is 1. The minimum Gasteiger partial charge on any atom is -0.451 e. The van der Waals surface area contributed by atoms with E-state index in [1.807, 2.05) is 30.3 Å². The predicted octanol–water partition coefficient (Wildman–Crippen LogP) is 3.75. The minimum atomic E-state index is -0.256. The van der Waals surface area contributed by atoms with E-state index in [1.165, 1.54) is 0 Å². The number of hydrogen-bond acceptors (Lipinski definition) is 3. The molecule has 0 atom stereocenters. The Morgan fingerprint density at radius 1 is 1.00 bits per heavy atom. The van der Waals surface area contributed by atoms with Gasteiger partial charge in [0.2, 0.25) is 0 Å². The van der Waals surface area contributed by atoms with E-state index in [0.717, 1.165) is 11.1 Å². The second kappa shape index (κ2) is 6.63. The molecule has 3 aromatic rings. The fourth-order valence-corrected chi connectivity index (χ4v) is 2.19. The lowest BCUT2D eigenvalue weighted by Crippen LogP contribution is -2.22. The Labute approximate surface area is 134 Å². The van der Waals surface area contributed by atoms with Crippen molar-refractivity contribution >= 4 is 5.91 Å². The third-order valence-corrected chi connectivity index (χ3v) is 3.42. The smallest absolute Gasteiger partial charge is 0.287 e. The molecule has 1 N–H and O–H groups in total. The zero-order valence-electron chi connectivity index (χ0n) is 12.3. The van der Waals surface area contributed by atoms with Gasteiger partial charge in [-0.15, -0.1) is 0 Å². The lowest BCUT2D eigenvalue weighted by atomic mass is 10.1. The summed E-state index contributed by atoms with van der Waals surface area (Å²) in [6.45, 7) is 0.451. The van der Waals surface area contributed by atoms with Gasteiger partial charge in [-0.3, -0.25) is 4.79 Å². The van der Waals surface area contributed by atoms with Crippen molar-refractivity contribution in [2.45, 2.75) is 6.54 Å². The molecule has 0 saturated carbocycles. The van der Waals surface area contributed by atoms with Gasteiger partial charge >= 0.3 is 0 Å². The van der Waals surface area contributed by atoms with Gasteiger partial charge in [-0.2, -0.15) is 5.26 Å². The number of nitrogens with one attached hydrogen (secondary N) is 1. The summed E-state index contributed by atoms with van der Waals surface area (Å²) >= 11 is 0. The first-order valence-electron chi connectivity index (χ1n) is 7.19. The number of nitrogens with zero attached hydrogens (tertiary/aromatic N) is 1. The van der Waals surface area contributed by atoms with Crippen molar-refractivity contribution in [2.75, 3.05) is 0 Å². The van der Waals surface area contributed by atoms with Gasteiger partial charge in [0.25, 0.3) is 5.91 Å². The maximum atomic E-state index is 12.1. The first-order chi connectivity index (χ1) is 11.3. The number of amides is 1. The minimum absolute atomic E-state index is 0.256. The Balaban J connectivity index is 1.68. The van der Waals surface area contributed by atoms with Gasteiger partial charge < -0.3 is 9.73 Å². The normalized spacial score (nSPS) is 10.0. The summed E-state index contributed by atoms with van der Waals surface area (Å²) in [7, 11) is 0. The molecule has 2 aromatic carbocycles. The maximum Gasteiger partial charge on any atom is 0.287 e. The van der Waals surface area contributed by atoms with Crippen molar-refractivity contribution in [1.82, 2.24) is 5.32 Å². The summed E-state index contributed by atoms with van der Waals surface area (Å²) in [6.07, 6.45) is 0. The molecule has 112 valence electrons. The van der Waals surface area contributed by atoms with Crippen LogP contribution in [0.5, 0.6) is 0 Å². The highest BCUT2D eigenvalue weighted by Crippen LogP contribution is 2.22. The van der Waals surface area contributed by atoms with Crippen LogP contribution in [0.4, 0.5) is 0 Å². The topological polar surface area (TPSA) is 66.0 Å². The molecule has 23 heavy (non-hydrogen) atoms. The van der Waals surface area contributed by atoms with Crippen LogP contribution in [0.15, 0.2) is 71.1 Å². The van der Waals surface area contributed by atoms with E-state index in [4.69, 9.17) is 9.68 Å². The molecule has 4 heteroatoms. The molecule has 0 saturated heterocycles. The average molecular weight is 302 g/mol. The van der Waals surface area contributed by atoms with Gasteiger partial charge in [0, 0.05) is 12.1 Å².